The van der Waals surface area contributed by atoms with Crippen LogP contribution in [0.3, 0.4) is 0 Å². The molecule has 1 aromatic heterocycles. The minimum Gasteiger partial charge on any atom is -0.306 e. The Kier molecular flexibility index (Phi) is 4.90. The Morgan fingerprint density at radius 2 is 1.75 bits per heavy atom. The van der Waals surface area contributed by atoms with E-state index in [1.54, 1.807) is 0 Å². The van der Waals surface area contributed by atoms with Crippen molar-refractivity contribution in [2.45, 2.75) is 39.2 Å². The fourth-order valence-electron chi connectivity index (χ4n) is 2.15. The average molecular weight is 308 g/mol. The van der Waals surface area contributed by atoms with E-state index in [-0.39, 0.29) is 11.5 Å². The maximum absolute atomic E-state index is 5.99. The number of hydrogen-bond acceptors (Lipinski definition) is 2. The maximum Gasteiger partial charge on any atom is 0.0671 e. The molecule has 1 N–H and O–H groups in total. The third-order valence-electron chi connectivity index (χ3n) is 3.26. The van der Waals surface area contributed by atoms with E-state index in [4.69, 9.17) is 11.6 Å². The van der Waals surface area contributed by atoms with E-state index in [0.717, 1.165) is 11.6 Å². The standard InChI is InChI=1S/C17H22ClNS/c1-5-19-16(12-6-8-13(18)9-7-12)14-10-11-15(20-14)17(2,3)4/h6-11,16,19H,5H2,1-4H3. The summed E-state index contributed by atoms with van der Waals surface area (Å²) >= 11 is 7.88. The van der Waals surface area contributed by atoms with Gasteiger partial charge in [-0.2, -0.15) is 0 Å². The highest BCUT2D eigenvalue weighted by Crippen LogP contribution is 2.34. The lowest BCUT2D eigenvalue weighted by Crippen LogP contribution is -2.21. The molecule has 1 unspecified atom stereocenters. The zero-order valence-corrected chi connectivity index (χ0v) is 14.1. The first-order valence-electron chi connectivity index (χ1n) is 7.01. The third-order valence-corrected chi connectivity index (χ3v) is 5.09. The molecule has 1 atom stereocenters. The molecule has 0 saturated carbocycles. The second kappa shape index (κ2) is 6.30. The van der Waals surface area contributed by atoms with Gasteiger partial charge in [-0.05, 0) is 41.8 Å². The van der Waals surface area contributed by atoms with Gasteiger partial charge in [-0.1, -0.05) is 51.4 Å². The van der Waals surface area contributed by atoms with Gasteiger partial charge in [0, 0.05) is 14.8 Å². The molecule has 0 saturated heterocycles. The van der Waals surface area contributed by atoms with Gasteiger partial charge in [-0.15, -0.1) is 11.3 Å². The molecule has 0 amide bonds. The van der Waals surface area contributed by atoms with Crippen LogP contribution >= 0.6 is 22.9 Å². The van der Waals surface area contributed by atoms with Crippen LogP contribution in [0.1, 0.15) is 49.1 Å². The Hall–Kier alpha value is -0.830. The van der Waals surface area contributed by atoms with E-state index in [1.807, 2.05) is 23.5 Å². The van der Waals surface area contributed by atoms with Crippen LogP contribution in [0.25, 0.3) is 0 Å². The first kappa shape index (κ1) is 15.6. The highest BCUT2D eigenvalue weighted by atomic mass is 35.5. The number of nitrogens with one attached hydrogen (secondary N) is 1. The summed E-state index contributed by atoms with van der Waals surface area (Å²) in [5, 5.41) is 4.35. The number of rotatable bonds is 4. The van der Waals surface area contributed by atoms with E-state index in [9.17, 15) is 0 Å². The minimum atomic E-state index is 0.208. The summed E-state index contributed by atoms with van der Waals surface area (Å²) in [7, 11) is 0. The van der Waals surface area contributed by atoms with Crippen LogP contribution in [0.2, 0.25) is 5.02 Å². The van der Waals surface area contributed by atoms with Crippen molar-refractivity contribution < 1.29 is 0 Å². The van der Waals surface area contributed by atoms with E-state index < -0.39 is 0 Å². The van der Waals surface area contributed by atoms with Gasteiger partial charge in [0.15, 0.2) is 0 Å². The van der Waals surface area contributed by atoms with Gasteiger partial charge >= 0.3 is 0 Å². The molecular weight excluding hydrogens is 286 g/mol. The monoisotopic (exact) mass is 307 g/mol. The predicted octanol–water partition coefficient (Wildman–Crippen LogP) is 5.40. The Bertz CT molecular complexity index is 551. The van der Waals surface area contributed by atoms with Crippen LogP contribution in [0.15, 0.2) is 36.4 Å². The SMILES string of the molecule is CCNC(c1ccc(Cl)cc1)c1ccc(C(C)(C)C)s1. The molecule has 1 heterocycles. The fourth-order valence-corrected chi connectivity index (χ4v) is 3.45. The maximum atomic E-state index is 5.99. The zero-order chi connectivity index (χ0) is 14.8. The normalized spacial score (nSPS) is 13.4. The van der Waals surface area contributed by atoms with Crippen molar-refractivity contribution >= 4 is 22.9 Å². The number of benzene rings is 1. The quantitative estimate of drug-likeness (QED) is 0.797. The van der Waals surface area contributed by atoms with Crippen LogP contribution in [0.5, 0.6) is 0 Å². The molecule has 2 rings (SSSR count). The smallest absolute Gasteiger partial charge is 0.0671 e. The minimum absolute atomic E-state index is 0.208. The number of thiophene rings is 1. The second-order valence-corrected chi connectivity index (χ2v) is 7.55. The molecule has 0 aliphatic rings. The zero-order valence-electron chi connectivity index (χ0n) is 12.5. The fraction of sp³-hybridized carbons (Fsp3) is 0.412. The van der Waals surface area contributed by atoms with Gasteiger partial charge in [0.1, 0.15) is 0 Å². The van der Waals surface area contributed by atoms with Crippen LogP contribution in [0.4, 0.5) is 0 Å². The molecule has 1 aromatic carbocycles. The van der Waals surface area contributed by atoms with E-state index in [1.165, 1.54) is 15.3 Å². The van der Waals surface area contributed by atoms with Gasteiger partial charge in [0.2, 0.25) is 0 Å². The Morgan fingerprint density at radius 3 is 2.25 bits per heavy atom. The van der Waals surface area contributed by atoms with Crippen LogP contribution in [-0.2, 0) is 5.41 Å². The summed E-state index contributed by atoms with van der Waals surface area (Å²) in [6, 6.07) is 12.9. The highest BCUT2D eigenvalue weighted by molar-refractivity contribution is 7.12. The molecule has 0 bridgehead atoms. The van der Waals surface area contributed by atoms with Crippen LogP contribution in [0, 0.1) is 0 Å². The lowest BCUT2D eigenvalue weighted by Gasteiger charge is -2.18. The van der Waals surface area contributed by atoms with E-state index >= 15 is 0 Å². The topological polar surface area (TPSA) is 12.0 Å². The van der Waals surface area contributed by atoms with Crippen molar-refractivity contribution in [3.63, 3.8) is 0 Å². The molecule has 20 heavy (non-hydrogen) atoms. The molecule has 1 nitrogen and oxygen atoms in total. The summed E-state index contributed by atoms with van der Waals surface area (Å²) in [6.45, 7) is 9.85. The van der Waals surface area contributed by atoms with Crippen molar-refractivity contribution in [3.8, 4) is 0 Å². The van der Waals surface area contributed by atoms with Crippen molar-refractivity contribution in [2.24, 2.45) is 0 Å². The molecule has 2 aromatic rings. The largest absolute Gasteiger partial charge is 0.306 e. The Morgan fingerprint density at radius 1 is 1.10 bits per heavy atom. The highest BCUT2D eigenvalue weighted by Gasteiger charge is 2.20. The van der Waals surface area contributed by atoms with Crippen molar-refractivity contribution in [3.05, 3.63) is 56.7 Å². The van der Waals surface area contributed by atoms with Crippen LogP contribution in [-0.4, -0.2) is 6.54 Å². The lowest BCUT2D eigenvalue weighted by molar-refractivity contribution is 0.604. The lowest BCUT2D eigenvalue weighted by atomic mass is 9.95. The summed E-state index contributed by atoms with van der Waals surface area (Å²) in [5.74, 6) is 0. The molecule has 0 radical (unpaired) electrons. The van der Waals surface area contributed by atoms with Crippen LogP contribution < -0.4 is 5.32 Å². The van der Waals surface area contributed by atoms with Crippen molar-refractivity contribution in [2.75, 3.05) is 6.54 Å². The summed E-state index contributed by atoms with van der Waals surface area (Å²) in [4.78, 5) is 2.78. The van der Waals surface area contributed by atoms with E-state index in [0.29, 0.717) is 0 Å². The summed E-state index contributed by atoms with van der Waals surface area (Å²) in [5.41, 5.74) is 1.47. The van der Waals surface area contributed by atoms with Gasteiger partial charge < -0.3 is 5.32 Å². The van der Waals surface area contributed by atoms with E-state index in [2.05, 4.69) is 57.3 Å². The predicted molar refractivity (Wildman–Crippen MR) is 90.0 cm³/mol. The second-order valence-electron chi connectivity index (χ2n) is 5.99. The van der Waals surface area contributed by atoms with Gasteiger partial charge in [0.05, 0.1) is 6.04 Å². The summed E-state index contributed by atoms with van der Waals surface area (Å²) < 4.78 is 0. The van der Waals surface area contributed by atoms with Gasteiger partial charge in [0.25, 0.3) is 0 Å². The van der Waals surface area contributed by atoms with Crippen molar-refractivity contribution in [1.29, 1.82) is 0 Å². The van der Waals surface area contributed by atoms with Crippen molar-refractivity contribution in [1.82, 2.24) is 5.32 Å². The molecule has 108 valence electrons. The molecule has 0 aliphatic carbocycles. The molecule has 0 fully saturated rings. The molecule has 0 aliphatic heterocycles. The summed E-state index contributed by atoms with van der Waals surface area (Å²) in [6.07, 6.45) is 0. The molecule has 3 heteroatoms. The van der Waals surface area contributed by atoms with Gasteiger partial charge in [-0.3, -0.25) is 0 Å². The number of halogens is 1. The Balaban J connectivity index is 2.33. The third kappa shape index (κ3) is 3.63. The first-order valence-corrected chi connectivity index (χ1v) is 8.20. The molecular formula is C17H22ClNS. The Labute approximate surface area is 131 Å². The van der Waals surface area contributed by atoms with Gasteiger partial charge in [-0.25, -0.2) is 0 Å². The number of hydrogen-bond donors (Lipinski definition) is 1. The molecule has 0 spiro atoms. The average Bonchev–Trinajstić information content (AvgIpc) is 2.86. The first-order chi connectivity index (χ1) is 9.41.